The number of phenolic OH excluding ortho intramolecular Hbond substituents is 1. The van der Waals surface area contributed by atoms with Crippen molar-refractivity contribution < 1.29 is 10.0 Å². The summed E-state index contributed by atoms with van der Waals surface area (Å²) in [6.07, 6.45) is 2.99. The van der Waals surface area contributed by atoms with Gasteiger partial charge in [0.25, 0.3) is 5.69 Å². The molecule has 1 atom stereocenters. The maximum atomic E-state index is 10.9. The van der Waals surface area contributed by atoms with Crippen molar-refractivity contribution in [2.75, 3.05) is 18.4 Å². The highest BCUT2D eigenvalue weighted by Gasteiger charge is 2.18. The highest BCUT2D eigenvalue weighted by atomic mass is 16.6. The third-order valence-corrected chi connectivity index (χ3v) is 3.11. The fourth-order valence-electron chi connectivity index (χ4n) is 2.18. The largest absolute Gasteiger partial charge is 0.508 e. The number of nitrogens with one attached hydrogen (secondary N) is 2. The molecule has 0 bridgehead atoms. The van der Waals surface area contributed by atoms with E-state index >= 15 is 0 Å². The second-order valence-corrected chi connectivity index (χ2v) is 4.48. The van der Waals surface area contributed by atoms with E-state index in [1.165, 1.54) is 12.1 Å². The van der Waals surface area contributed by atoms with E-state index in [2.05, 4.69) is 10.6 Å². The second-order valence-electron chi connectivity index (χ2n) is 4.48. The minimum atomic E-state index is -0.475. The number of hydrogen-bond acceptors (Lipinski definition) is 5. The topological polar surface area (TPSA) is 87.4 Å². The van der Waals surface area contributed by atoms with Gasteiger partial charge in [-0.1, -0.05) is 0 Å². The Hall–Kier alpha value is -1.82. The Morgan fingerprint density at radius 3 is 3.00 bits per heavy atom. The molecule has 0 amide bonds. The van der Waals surface area contributed by atoms with E-state index in [0.717, 1.165) is 32.4 Å². The van der Waals surface area contributed by atoms with Crippen LogP contribution in [0.3, 0.4) is 0 Å². The highest BCUT2D eigenvalue weighted by Crippen LogP contribution is 2.29. The van der Waals surface area contributed by atoms with Crippen molar-refractivity contribution >= 4 is 11.4 Å². The Bertz CT molecular complexity index is 429. The molecule has 1 aromatic carbocycles. The molecule has 0 aliphatic carbocycles. The Kier molecular flexibility index (Phi) is 3.99. The molecule has 2 rings (SSSR count). The van der Waals surface area contributed by atoms with Crippen LogP contribution in [0, 0.1) is 10.1 Å². The van der Waals surface area contributed by atoms with Crippen LogP contribution in [0.4, 0.5) is 11.4 Å². The van der Waals surface area contributed by atoms with Crippen molar-refractivity contribution in [1.82, 2.24) is 5.32 Å². The van der Waals surface area contributed by atoms with Gasteiger partial charge in [0, 0.05) is 6.04 Å². The molecule has 0 saturated carbocycles. The first kappa shape index (κ1) is 12.6. The van der Waals surface area contributed by atoms with Crippen LogP contribution in [0.15, 0.2) is 18.2 Å². The van der Waals surface area contributed by atoms with E-state index in [1.807, 2.05) is 0 Å². The fraction of sp³-hybridized carbons (Fsp3) is 0.500. The number of nitro benzene ring substituents is 1. The molecule has 3 N–H and O–H groups in total. The van der Waals surface area contributed by atoms with Gasteiger partial charge in [-0.2, -0.15) is 0 Å². The molecule has 18 heavy (non-hydrogen) atoms. The number of nitrogens with zero attached hydrogens (tertiary/aromatic N) is 1. The summed E-state index contributed by atoms with van der Waals surface area (Å²) >= 11 is 0. The summed E-state index contributed by atoms with van der Waals surface area (Å²) in [5, 5.41) is 26.7. The Morgan fingerprint density at radius 2 is 2.22 bits per heavy atom. The molecule has 1 aromatic rings. The van der Waals surface area contributed by atoms with Crippen molar-refractivity contribution in [3.05, 3.63) is 28.3 Å². The minimum Gasteiger partial charge on any atom is -0.508 e. The third kappa shape index (κ3) is 3.10. The van der Waals surface area contributed by atoms with Crippen molar-refractivity contribution in [2.45, 2.75) is 25.3 Å². The predicted molar refractivity (Wildman–Crippen MR) is 68.9 cm³/mol. The van der Waals surface area contributed by atoms with Gasteiger partial charge in [-0.25, -0.2) is 0 Å². The summed E-state index contributed by atoms with van der Waals surface area (Å²) in [5.41, 5.74) is 0.400. The number of phenols is 1. The van der Waals surface area contributed by atoms with E-state index in [9.17, 15) is 15.2 Å². The number of rotatable bonds is 3. The van der Waals surface area contributed by atoms with Crippen LogP contribution in [0.1, 0.15) is 19.3 Å². The normalized spacial score (nSPS) is 20.1. The fourth-order valence-corrected chi connectivity index (χ4v) is 2.18. The van der Waals surface area contributed by atoms with Crippen LogP contribution >= 0.6 is 0 Å². The predicted octanol–water partition coefficient (Wildman–Crippen LogP) is 1.85. The molecule has 1 saturated heterocycles. The second kappa shape index (κ2) is 5.68. The number of nitro groups is 1. The molecule has 1 fully saturated rings. The lowest BCUT2D eigenvalue weighted by Gasteiger charge is -2.17. The first-order chi connectivity index (χ1) is 8.66. The van der Waals surface area contributed by atoms with Crippen LogP contribution in [0.5, 0.6) is 5.75 Å². The van der Waals surface area contributed by atoms with Gasteiger partial charge in [0.1, 0.15) is 11.4 Å². The average Bonchev–Trinajstić information content (AvgIpc) is 2.60. The first-order valence-corrected chi connectivity index (χ1v) is 6.11. The van der Waals surface area contributed by atoms with Crippen LogP contribution < -0.4 is 10.6 Å². The number of hydrogen-bond donors (Lipinski definition) is 3. The first-order valence-electron chi connectivity index (χ1n) is 6.11. The summed E-state index contributed by atoms with van der Waals surface area (Å²) in [7, 11) is 0. The zero-order chi connectivity index (χ0) is 13.0. The van der Waals surface area contributed by atoms with E-state index in [0.29, 0.717) is 5.69 Å². The Balaban J connectivity index is 2.14. The summed E-state index contributed by atoms with van der Waals surface area (Å²) in [6, 6.07) is 4.44. The summed E-state index contributed by atoms with van der Waals surface area (Å²) in [4.78, 5) is 10.5. The van der Waals surface area contributed by atoms with Crippen LogP contribution in [-0.2, 0) is 0 Å². The van der Waals surface area contributed by atoms with Gasteiger partial charge < -0.3 is 15.7 Å². The highest BCUT2D eigenvalue weighted by molar-refractivity contribution is 5.64. The van der Waals surface area contributed by atoms with Crippen molar-refractivity contribution in [3.63, 3.8) is 0 Å². The third-order valence-electron chi connectivity index (χ3n) is 3.11. The minimum absolute atomic E-state index is 0.0767. The van der Waals surface area contributed by atoms with Gasteiger partial charge in [0.2, 0.25) is 0 Å². The van der Waals surface area contributed by atoms with Gasteiger partial charge >= 0.3 is 0 Å². The van der Waals surface area contributed by atoms with Gasteiger partial charge in [0.05, 0.1) is 11.0 Å². The maximum absolute atomic E-state index is 10.9. The maximum Gasteiger partial charge on any atom is 0.296 e. The number of anilines is 1. The molecule has 0 aromatic heterocycles. The monoisotopic (exact) mass is 251 g/mol. The number of aromatic hydroxyl groups is 1. The average molecular weight is 251 g/mol. The standard InChI is InChI=1S/C12H17N3O3/c16-10-3-4-11(12(8-10)15(17)18)14-9-2-1-6-13-7-5-9/h3-4,8-9,13-14,16H,1-2,5-7H2. The molecule has 6 nitrogen and oxygen atoms in total. The quantitative estimate of drug-likeness (QED) is 0.433. The molecule has 98 valence electrons. The summed E-state index contributed by atoms with van der Waals surface area (Å²) in [6.45, 7) is 1.92. The summed E-state index contributed by atoms with van der Waals surface area (Å²) < 4.78 is 0. The van der Waals surface area contributed by atoms with Gasteiger partial charge in [-0.05, 0) is 44.5 Å². The lowest BCUT2D eigenvalue weighted by molar-refractivity contribution is -0.384. The van der Waals surface area contributed by atoms with Crippen molar-refractivity contribution in [2.24, 2.45) is 0 Å². The SMILES string of the molecule is O=[N+]([O-])c1cc(O)ccc1NC1CCCNCC1. The van der Waals surface area contributed by atoms with Crippen LogP contribution in [0.2, 0.25) is 0 Å². The lowest BCUT2D eigenvalue weighted by atomic mass is 10.1. The molecule has 0 spiro atoms. The summed E-state index contributed by atoms with van der Waals surface area (Å²) in [5.74, 6) is -0.0882. The molecular formula is C12H17N3O3. The van der Waals surface area contributed by atoms with Crippen molar-refractivity contribution in [1.29, 1.82) is 0 Å². The van der Waals surface area contributed by atoms with E-state index in [1.54, 1.807) is 6.07 Å². The van der Waals surface area contributed by atoms with E-state index < -0.39 is 4.92 Å². The molecule has 0 radical (unpaired) electrons. The van der Waals surface area contributed by atoms with Crippen LogP contribution in [0.25, 0.3) is 0 Å². The Morgan fingerprint density at radius 1 is 1.39 bits per heavy atom. The lowest BCUT2D eigenvalue weighted by Crippen LogP contribution is -2.21. The van der Waals surface area contributed by atoms with E-state index in [-0.39, 0.29) is 17.5 Å². The molecular weight excluding hydrogens is 234 g/mol. The zero-order valence-corrected chi connectivity index (χ0v) is 10.1. The molecule has 6 heteroatoms. The molecule has 1 aliphatic heterocycles. The van der Waals surface area contributed by atoms with Gasteiger partial charge in [0.15, 0.2) is 0 Å². The molecule has 1 unspecified atom stereocenters. The van der Waals surface area contributed by atoms with E-state index in [4.69, 9.17) is 0 Å². The zero-order valence-electron chi connectivity index (χ0n) is 10.1. The molecule has 1 aliphatic rings. The smallest absolute Gasteiger partial charge is 0.296 e. The van der Waals surface area contributed by atoms with Crippen LogP contribution in [-0.4, -0.2) is 29.2 Å². The van der Waals surface area contributed by atoms with Crippen molar-refractivity contribution in [3.8, 4) is 5.75 Å². The Labute approximate surface area is 105 Å². The van der Waals surface area contributed by atoms with Gasteiger partial charge in [-0.3, -0.25) is 10.1 Å². The molecule has 1 heterocycles. The van der Waals surface area contributed by atoms with Gasteiger partial charge in [-0.15, -0.1) is 0 Å². The number of benzene rings is 1.